The number of para-hydroxylation sites is 1. The van der Waals surface area contributed by atoms with Crippen LogP contribution in [-0.4, -0.2) is 11.0 Å². The quantitative estimate of drug-likeness (QED) is 0.389. The van der Waals surface area contributed by atoms with Crippen LogP contribution in [0.5, 0.6) is 5.75 Å². The molecule has 2 aromatic rings. The Hall–Kier alpha value is -2.08. The van der Waals surface area contributed by atoms with Crippen LogP contribution >= 0.6 is 11.6 Å². The molecule has 0 aliphatic carbocycles. The molecule has 0 unspecified atom stereocenters. The van der Waals surface area contributed by atoms with E-state index in [1.165, 1.54) is 18.2 Å². The molecule has 0 saturated carbocycles. The van der Waals surface area contributed by atoms with E-state index in [0.29, 0.717) is 16.3 Å². The smallest absolute Gasteiger partial charge is 0.196 e. The number of ketones is 1. The molecule has 0 heterocycles. The number of nitrogens with two attached hydrogens (primary N) is 1. The van der Waals surface area contributed by atoms with Crippen molar-refractivity contribution in [1.29, 1.82) is 0 Å². The zero-order valence-electron chi connectivity index (χ0n) is 9.67. The third kappa shape index (κ3) is 2.85. The molecular formula is C13H10ClNO4. The van der Waals surface area contributed by atoms with Crippen LogP contribution < -0.4 is 10.6 Å². The largest absolute Gasteiger partial charge is 0.398 e. The molecule has 0 atom stereocenters. The van der Waals surface area contributed by atoms with Crippen molar-refractivity contribution >= 4 is 23.1 Å². The highest BCUT2D eigenvalue weighted by Crippen LogP contribution is 2.25. The van der Waals surface area contributed by atoms with Crippen LogP contribution in [0.25, 0.3) is 0 Å². The molecular weight excluding hydrogens is 270 g/mol. The summed E-state index contributed by atoms with van der Waals surface area (Å²) in [6, 6.07) is 10.9. The topological polar surface area (TPSA) is 81.8 Å². The number of carbonyl (C=O) groups is 1. The maximum absolute atomic E-state index is 12.3. The maximum atomic E-state index is 12.3. The lowest BCUT2D eigenvalue weighted by atomic mass is 10.0. The number of hydrogen-bond acceptors (Lipinski definition) is 5. The average Bonchev–Trinajstić information content (AvgIpc) is 2.42. The van der Waals surface area contributed by atoms with Crippen molar-refractivity contribution in [1.82, 2.24) is 0 Å². The van der Waals surface area contributed by atoms with E-state index in [1.807, 2.05) is 0 Å². The Morgan fingerprint density at radius 3 is 2.63 bits per heavy atom. The van der Waals surface area contributed by atoms with Crippen molar-refractivity contribution < 1.29 is 20.0 Å². The fourth-order valence-corrected chi connectivity index (χ4v) is 1.73. The number of halogens is 1. The first-order chi connectivity index (χ1) is 9.13. The second kappa shape index (κ2) is 5.71. The van der Waals surface area contributed by atoms with Crippen LogP contribution in [0, 0.1) is 0 Å². The van der Waals surface area contributed by atoms with Crippen LogP contribution in [0.2, 0.25) is 5.02 Å². The van der Waals surface area contributed by atoms with E-state index in [9.17, 15) is 4.79 Å². The number of benzene rings is 2. The molecule has 0 radical (unpaired) electrons. The summed E-state index contributed by atoms with van der Waals surface area (Å²) in [6.45, 7) is 0. The third-order valence-electron chi connectivity index (χ3n) is 2.52. The van der Waals surface area contributed by atoms with Crippen LogP contribution in [0.15, 0.2) is 42.5 Å². The molecule has 98 valence electrons. The Morgan fingerprint density at radius 1 is 1.21 bits per heavy atom. The molecule has 19 heavy (non-hydrogen) atoms. The molecule has 0 aromatic heterocycles. The molecule has 0 aliphatic rings. The molecule has 0 saturated heterocycles. The minimum Gasteiger partial charge on any atom is -0.398 e. The van der Waals surface area contributed by atoms with Crippen molar-refractivity contribution in [3.05, 3.63) is 58.6 Å². The van der Waals surface area contributed by atoms with Crippen LogP contribution in [-0.2, 0) is 5.04 Å². The van der Waals surface area contributed by atoms with Gasteiger partial charge in [0.05, 0.1) is 16.3 Å². The van der Waals surface area contributed by atoms with Crippen molar-refractivity contribution in [2.75, 3.05) is 5.73 Å². The Balaban J connectivity index is 2.41. The molecule has 0 amide bonds. The first kappa shape index (κ1) is 13.4. The molecule has 2 rings (SSSR count). The summed E-state index contributed by atoms with van der Waals surface area (Å²) in [7, 11) is 0. The summed E-state index contributed by atoms with van der Waals surface area (Å²) in [5.41, 5.74) is 6.55. The van der Waals surface area contributed by atoms with Crippen LogP contribution in [0.1, 0.15) is 15.9 Å². The van der Waals surface area contributed by atoms with E-state index >= 15 is 0 Å². The molecule has 2 aromatic carbocycles. The fourth-order valence-electron chi connectivity index (χ4n) is 1.61. The van der Waals surface area contributed by atoms with Gasteiger partial charge in [-0.1, -0.05) is 23.7 Å². The Kier molecular flexibility index (Phi) is 4.01. The SMILES string of the molecule is Nc1cc(C(=O)c2ccccc2OOO)ccc1Cl. The van der Waals surface area contributed by atoms with Crippen molar-refractivity contribution in [3.63, 3.8) is 0 Å². The molecule has 3 N–H and O–H groups in total. The van der Waals surface area contributed by atoms with Crippen molar-refractivity contribution in [2.45, 2.75) is 0 Å². The number of nitrogen functional groups attached to an aromatic ring is 1. The van der Waals surface area contributed by atoms with Gasteiger partial charge in [0, 0.05) is 5.56 Å². The summed E-state index contributed by atoms with van der Waals surface area (Å²) >= 11 is 5.80. The Labute approximate surface area is 114 Å². The normalized spacial score (nSPS) is 10.2. The molecule has 6 heteroatoms. The second-order valence-corrected chi connectivity index (χ2v) is 4.13. The predicted octanol–water partition coefficient (Wildman–Crippen LogP) is 2.94. The molecule has 5 nitrogen and oxygen atoms in total. The van der Waals surface area contributed by atoms with E-state index in [-0.39, 0.29) is 17.1 Å². The first-order valence-corrected chi connectivity index (χ1v) is 5.68. The first-order valence-electron chi connectivity index (χ1n) is 5.30. The second-order valence-electron chi connectivity index (χ2n) is 3.72. The summed E-state index contributed by atoms with van der Waals surface area (Å²) in [5.74, 6) is -0.223. The van der Waals surface area contributed by atoms with E-state index in [4.69, 9.17) is 22.6 Å². The van der Waals surface area contributed by atoms with E-state index in [0.717, 1.165) is 0 Å². The highest BCUT2D eigenvalue weighted by molar-refractivity contribution is 6.33. The monoisotopic (exact) mass is 279 g/mol. The van der Waals surface area contributed by atoms with Gasteiger partial charge in [0.25, 0.3) is 0 Å². The number of hydrogen-bond donors (Lipinski definition) is 2. The summed E-state index contributed by atoms with van der Waals surface area (Å²) in [5, 5.41) is 12.3. The molecule has 0 fully saturated rings. The van der Waals surface area contributed by atoms with E-state index < -0.39 is 0 Å². The Morgan fingerprint density at radius 2 is 1.95 bits per heavy atom. The number of rotatable bonds is 4. The summed E-state index contributed by atoms with van der Waals surface area (Å²) in [4.78, 5) is 16.8. The van der Waals surface area contributed by atoms with Gasteiger partial charge < -0.3 is 10.6 Å². The number of anilines is 1. The molecule has 0 aliphatic heterocycles. The summed E-state index contributed by atoms with van der Waals surface area (Å²) in [6.07, 6.45) is 0. The van der Waals surface area contributed by atoms with Gasteiger partial charge in [0.15, 0.2) is 11.5 Å². The average molecular weight is 280 g/mol. The van der Waals surface area contributed by atoms with Crippen LogP contribution in [0.4, 0.5) is 5.69 Å². The minimum absolute atomic E-state index is 0.100. The Bertz CT molecular complexity index is 615. The van der Waals surface area contributed by atoms with Gasteiger partial charge in [-0.05, 0) is 35.4 Å². The zero-order valence-corrected chi connectivity index (χ0v) is 10.4. The van der Waals surface area contributed by atoms with Gasteiger partial charge in [-0.25, -0.2) is 5.26 Å². The zero-order chi connectivity index (χ0) is 13.8. The molecule has 0 spiro atoms. The lowest BCUT2D eigenvalue weighted by molar-refractivity contribution is -0.438. The maximum Gasteiger partial charge on any atom is 0.196 e. The van der Waals surface area contributed by atoms with Gasteiger partial charge in [-0.15, -0.1) is 0 Å². The van der Waals surface area contributed by atoms with E-state index in [2.05, 4.69) is 9.93 Å². The molecule has 0 bridgehead atoms. The highest BCUT2D eigenvalue weighted by Gasteiger charge is 2.16. The predicted molar refractivity (Wildman–Crippen MR) is 70.1 cm³/mol. The lowest BCUT2D eigenvalue weighted by Crippen LogP contribution is -2.05. The van der Waals surface area contributed by atoms with E-state index in [1.54, 1.807) is 24.3 Å². The van der Waals surface area contributed by atoms with Gasteiger partial charge in [-0.3, -0.25) is 4.79 Å². The summed E-state index contributed by atoms with van der Waals surface area (Å²) < 4.78 is 0. The minimum atomic E-state index is -0.323. The van der Waals surface area contributed by atoms with Gasteiger partial charge in [0.1, 0.15) is 0 Å². The van der Waals surface area contributed by atoms with Gasteiger partial charge in [0.2, 0.25) is 0 Å². The van der Waals surface area contributed by atoms with Crippen LogP contribution in [0.3, 0.4) is 0 Å². The standard InChI is InChI=1S/C13H10ClNO4/c14-10-6-5-8(7-11(10)15)13(16)9-3-1-2-4-12(9)18-19-17/h1-7,17H,15H2. The van der Waals surface area contributed by atoms with Gasteiger partial charge >= 0.3 is 0 Å². The number of carbonyl (C=O) groups excluding carboxylic acids is 1. The van der Waals surface area contributed by atoms with Crippen molar-refractivity contribution in [3.8, 4) is 5.75 Å². The third-order valence-corrected chi connectivity index (χ3v) is 2.86. The van der Waals surface area contributed by atoms with Gasteiger partial charge in [-0.2, -0.15) is 0 Å². The highest BCUT2D eigenvalue weighted by atomic mass is 35.5. The fraction of sp³-hybridized carbons (Fsp3) is 0. The van der Waals surface area contributed by atoms with Crippen molar-refractivity contribution in [2.24, 2.45) is 0 Å². The lowest BCUT2D eigenvalue weighted by Gasteiger charge is -2.07.